The fourth-order valence-electron chi connectivity index (χ4n) is 2.72. The van der Waals surface area contributed by atoms with Crippen LogP contribution in [0, 0.1) is 5.82 Å². The molecule has 2 aromatic carbocycles. The maximum Gasteiger partial charge on any atom is 0.338 e. The summed E-state index contributed by atoms with van der Waals surface area (Å²) in [6, 6.07) is 15.7. The number of pyridine rings is 1. The van der Waals surface area contributed by atoms with Crippen LogP contribution in [-0.4, -0.2) is 23.5 Å². The van der Waals surface area contributed by atoms with E-state index in [-0.39, 0.29) is 24.6 Å². The Bertz CT molecular complexity index is 959. The highest BCUT2D eigenvalue weighted by Crippen LogP contribution is 2.21. The van der Waals surface area contributed by atoms with E-state index in [9.17, 15) is 14.0 Å². The molecule has 1 amide bonds. The van der Waals surface area contributed by atoms with Crippen molar-refractivity contribution in [3.63, 3.8) is 0 Å². The second-order valence-corrected chi connectivity index (χ2v) is 6.03. The molecule has 0 N–H and O–H groups in total. The Morgan fingerprint density at radius 2 is 1.82 bits per heavy atom. The summed E-state index contributed by atoms with van der Waals surface area (Å²) in [5.41, 5.74) is 2.02. The number of hydrogen-bond donors (Lipinski definition) is 0. The first-order valence-electron chi connectivity index (χ1n) is 8.82. The van der Waals surface area contributed by atoms with E-state index in [1.807, 2.05) is 6.07 Å². The first-order chi connectivity index (χ1) is 13.6. The SMILES string of the molecule is CCOC(=O)c1ccc(N(Cc2cccnc2)C(=O)c2cccc(F)c2)cc1. The summed E-state index contributed by atoms with van der Waals surface area (Å²) >= 11 is 0. The number of halogens is 1. The highest BCUT2D eigenvalue weighted by atomic mass is 19.1. The molecule has 0 saturated carbocycles. The summed E-state index contributed by atoms with van der Waals surface area (Å²) in [6.45, 7) is 2.27. The van der Waals surface area contributed by atoms with Gasteiger partial charge < -0.3 is 9.64 Å². The molecule has 0 radical (unpaired) electrons. The molecule has 0 fully saturated rings. The number of esters is 1. The molecular weight excluding hydrogens is 359 g/mol. The number of anilines is 1. The topological polar surface area (TPSA) is 59.5 Å². The number of aromatic nitrogens is 1. The van der Waals surface area contributed by atoms with E-state index in [0.717, 1.165) is 5.56 Å². The molecule has 5 nitrogen and oxygen atoms in total. The van der Waals surface area contributed by atoms with Gasteiger partial charge in [-0.25, -0.2) is 9.18 Å². The standard InChI is InChI=1S/C22H19FN2O3/c1-2-28-22(27)17-8-10-20(11-9-17)25(15-16-5-4-12-24-14-16)21(26)18-6-3-7-19(23)13-18/h3-14H,2,15H2,1H3. The third-order valence-electron chi connectivity index (χ3n) is 4.07. The average molecular weight is 378 g/mol. The minimum absolute atomic E-state index is 0.235. The number of amides is 1. The fourth-order valence-corrected chi connectivity index (χ4v) is 2.72. The predicted octanol–water partition coefficient (Wildman–Crippen LogP) is 4.24. The molecule has 0 saturated heterocycles. The first-order valence-corrected chi connectivity index (χ1v) is 8.82. The molecule has 0 atom stereocenters. The van der Waals surface area contributed by atoms with E-state index in [1.165, 1.54) is 23.1 Å². The van der Waals surface area contributed by atoms with Crippen LogP contribution in [0.4, 0.5) is 10.1 Å². The van der Waals surface area contributed by atoms with Crippen LogP contribution in [0.25, 0.3) is 0 Å². The van der Waals surface area contributed by atoms with Crippen LogP contribution < -0.4 is 4.90 Å². The quantitative estimate of drug-likeness (QED) is 0.602. The third-order valence-corrected chi connectivity index (χ3v) is 4.07. The number of carbonyl (C=O) groups excluding carboxylic acids is 2. The number of rotatable bonds is 6. The number of nitrogens with zero attached hydrogens (tertiary/aromatic N) is 2. The molecule has 0 aliphatic rings. The normalized spacial score (nSPS) is 10.4. The summed E-state index contributed by atoms with van der Waals surface area (Å²) < 4.78 is 18.6. The van der Waals surface area contributed by atoms with Crippen molar-refractivity contribution in [2.24, 2.45) is 0 Å². The Kier molecular flexibility index (Phi) is 6.11. The van der Waals surface area contributed by atoms with Gasteiger partial charge in [-0.15, -0.1) is 0 Å². The summed E-state index contributed by atoms with van der Waals surface area (Å²) in [5.74, 6) is -1.26. The molecule has 0 spiro atoms. The lowest BCUT2D eigenvalue weighted by Gasteiger charge is -2.23. The van der Waals surface area contributed by atoms with E-state index < -0.39 is 11.8 Å². The predicted molar refractivity (Wildman–Crippen MR) is 104 cm³/mol. The Labute approximate surface area is 162 Å². The zero-order valence-corrected chi connectivity index (χ0v) is 15.3. The molecule has 0 unspecified atom stereocenters. The van der Waals surface area contributed by atoms with Gasteiger partial charge in [0.2, 0.25) is 0 Å². The highest BCUT2D eigenvalue weighted by Gasteiger charge is 2.19. The molecule has 0 bridgehead atoms. The molecule has 3 aromatic rings. The van der Waals surface area contributed by atoms with Gasteiger partial charge in [0.15, 0.2) is 0 Å². The Morgan fingerprint density at radius 3 is 2.46 bits per heavy atom. The first kappa shape index (κ1) is 19.2. The fraction of sp³-hybridized carbons (Fsp3) is 0.136. The highest BCUT2D eigenvalue weighted by molar-refractivity contribution is 6.06. The molecule has 6 heteroatoms. The van der Waals surface area contributed by atoms with Crippen LogP contribution >= 0.6 is 0 Å². The summed E-state index contributed by atoms with van der Waals surface area (Å²) in [4.78, 5) is 30.5. The molecule has 0 aliphatic heterocycles. The van der Waals surface area contributed by atoms with Crippen LogP contribution in [0.3, 0.4) is 0 Å². The summed E-state index contributed by atoms with van der Waals surface area (Å²) in [6.07, 6.45) is 3.31. The van der Waals surface area contributed by atoms with Crippen LogP contribution in [0.2, 0.25) is 0 Å². The maximum absolute atomic E-state index is 13.6. The molecule has 1 heterocycles. The van der Waals surface area contributed by atoms with E-state index in [2.05, 4.69) is 4.98 Å². The van der Waals surface area contributed by atoms with Crippen molar-refractivity contribution < 1.29 is 18.7 Å². The van der Waals surface area contributed by atoms with Gasteiger partial charge in [-0.3, -0.25) is 9.78 Å². The minimum atomic E-state index is -0.482. The van der Waals surface area contributed by atoms with Crippen LogP contribution in [0.15, 0.2) is 73.1 Å². The van der Waals surface area contributed by atoms with Gasteiger partial charge in [-0.1, -0.05) is 12.1 Å². The van der Waals surface area contributed by atoms with Crippen molar-refractivity contribution in [1.82, 2.24) is 4.98 Å². The van der Waals surface area contributed by atoms with Crippen LogP contribution in [0.1, 0.15) is 33.2 Å². The van der Waals surface area contributed by atoms with Crippen molar-refractivity contribution in [1.29, 1.82) is 0 Å². The lowest BCUT2D eigenvalue weighted by molar-refractivity contribution is 0.0526. The van der Waals surface area contributed by atoms with Crippen molar-refractivity contribution in [2.75, 3.05) is 11.5 Å². The Morgan fingerprint density at radius 1 is 1.04 bits per heavy atom. The van der Waals surface area contributed by atoms with Gasteiger partial charge in [-0.05, 0) is 61.0 Å². The lowest BCUT2D eigenvalue weighted by atomic mass is 10.1. The number of benzene rings is 2. The monoisotopic (exact) mass is 378 g/mol. The molecular formula is C22H19FN2O3. The number of hydrogen-bond acceptors (Lipinski definition) is 4. The second-order valence-electron chi connectivity index (χ2n) is 6.03. The molecule has 142 valence electrons. The summed E-state index contributed by atoms with van der Waals surface area (Å²) in [5, 5.41) is 0. The zero-order chi connectivity index (χ0) is 19.9. The lowest BCUT2D eigenvalue weighted by Crippen LogP contribution is -2.30. The second kappa shape index (κ2) is 8.90. The van der Waals surface area contributed by atoms with E-state index in [4.69, 9.17) is 4.74 Å². The van der Waals surface area contributed by atoms with Gasteiger partial charge in [0.25, 0.3) is 5.91 Å². The molecule has 1 aromatic heterocycles. The van der Waals surface area contributed by atoms with Crippen molar-refractivity contribution in [3.05, 3.63) is 95.6 Å². The third kappa shape index (κ3) is 4.59. The Balaban J connectivity index is 1.94. The van der Waals surface area contributed by atoms with E-state index in [0.29, 0.717) is 11.3 Å². The van der Waals surface area contributed by atoms with Crippen LogP contribution in [-0.2, 0) is 11.3 Å². The largest absolute Gasteiger partial charge is 0.462 e. The van der Waals surface area contributed by atoms with Gasteiger partial charge in [0.1, 0.15) is 5.82 Å². The van der Waals surface area contributed by atoms with Crippen LogP contribution in [0.5, 0.6) is 0 Å². The molecule has 0 aliphatic carbocycles. The van der Waals surface area contributed by atoms with Gasteiger partial charge in [0, 0.05) is 23.6 Å². The maximum atomic E-state index is 13.6. The smallest absolute Gasteiger partial charge is 0.338 e. The average Bonchev–Trinajstić information content (AvgIpc) is 2.72. The van der Waals surface area contributed by atoms with E-state index >= 15 is 0 Å². The number of carbonyl (C=O) groups is 2. The Hall–Kier alpha value is -3.54. The van der Waals surface area contributed by atoms with Crippen molar-refractivity contribution in [2.45, 2.75) is 13.5 Å². The summed E-state index contributed by atoms with van der Waals surface area (Å²) in [7, 11) is 0. The van der Waals surface area contributed by atoms with Crippen molar-refractivity contribution in [3.8, 4) is 0 Å². The van der Waals surface area contributed by atoms with Crippen molar-refractivity contribution >= 4 is 17.6 Å². The van der Waals surface area contributed by atoms with Gasteiger partial charge >= 0.3 is 5.97 Å². The number of ether oxygens (including phenoxy) is 1. The molecule has 3 rings (SSSR count). The van der Waals surface area contributed by atoms with Gasteiger partial charge in [-0.2, -0.15) is 0 Å². The zero-order valence-electron chi connectivity index (χ0n) is 15.3. The minimum Gasteiger partial charge on any atom is -0.462 e. The van der Waals surface area contributed by atoms with E-state index in [1.54, 1.807) is 55.7 Å². The molecule has 28 heavy (non-hydrogen) atoms. The van der Waals surface area contributed by atoms with Gasteiger partial charge in [0.05, 0.1) is 18.7 Å².